The van der Waals surface area contributed by atoms with E-state index in [1.807, 2.05) is 45.0 Å². The molecule has 0 radical (unpaired) electrons. The number of hydrogen-bond acceptors (Lipinski definition) is 3. The number of rotatable bonds is 6. The Hall–Kier alpha value is -1.88. The van der Waals surface area contributed by atoms with Gasteiger partial charge in [-0.1, -0.05) is 12.1 Å². The van der Waals surface area contributed by atoms with Crippen molar-refractivity contribution in [3.63, 3.8) is 0 Å². The maximum Gasteiger partial charge on any atom is 0.239 e. The molecular formula is C16H25N3O2. The summed E-state index contributed by atoms with van der Waals surface area (Å²) >= 11 is 0. The highest BCUT2D eigenvalue weighted by atomic mass is 16.2. The molecule has 0 aliphatic rings. The zero-order valence-corrected chi connectivity index (χ0v) is 13.4. The number of anilines is 1. The fourth-order valence-corrected chi connectivity index (χ4v) is 2.12. The molecule has 0 aliphatic carbocycles. The average Bonchev–Trinajstić information content (AvgIpc) is 2.45. The Morgan fingerprint density at radius 3 is 2.52 bits per heavy atom. The van der Waals surface area contributed by atoms with Crippen LogP contribution in [0.15, 0.2) is 24.3 Å². The topological polar surface area (TPSA) is 61.4 Å². The lowest BCUT2D eigenvalue weighted by Crippen LogP contribution is -2.43. The Kier molecular flexibility index (Phi) is 6.37. The Labute approximate surface area is 126 Å². The smallest absolute Gasteiger partial charge is 0.239 e. The third-order valence-electron chi connectivity index (χ3n) is 3.43. The van der Waals surface area contributed by atoms with Crippen molar-refractivity contribution in [1.82, 2.24) is 10.2 Å². The first-order valence-corrected chi connectivity index (χ1v) is 7.23. The molecule has 5 nitrogen and oxygen atoms in total. The van der Waals surface area contributed by atoms with Gasteiger partial charge in [0, 0.05) is 32.2 Å². The molecule has 1 aromatic rings. The Morgan fingerprint density at radius 1 is 1.29 bits per heavy atom. The molecular weight excluding hydrogens is 266 g/mol. The summed E-state index contributed by atoms with van der Waals surface area (Å²) in [6.45, 7) is 7.99. The molecule has 0 heterocycles. The van der Waals surface area contributed by atoms with Crippen LogP contribution in [0.1, 0.15) is 39.3 Å². The number of hydrogen-bond donors (Lipinski definition) is 2. The van der Waals surface area contributed by atoms with E-state index in [2.05, 4.69) is 10.6 Å². The van der Waals surface area contributed by atoms with Crippen molar-refractivity contribution >= 4 is 17.5 Å². The molecule has 0 aromatic heterocycles. The minimum absolute atomic E-state index is 0.0166. The van der Waals surface area contributed by atoms with E-state index in [9.17, 15) is 9.59 Å². The quantitative estimate of drug-likeness (QED) is 0.844. The van der Waals surface area contributed by atoms with Crippen molar-refractivity contribution in [2.24, 2.45) is 0 Å². The summed E-state index contributed by atoms with van der Waals surface area (Å²) in [7, 11) is 1.79. The second kappa shape index (κ2) is 7.78. The van der Waals surface area contributed by atoms with E-state index in [-0.39, 0.29) is 23.9 Å². The molecule has 0 fully saturated rings. The van der Waals surface area contributed by atoms with Gasteiger partial charge in [-0.05, 0) is 38.5 Å². The monoisotopic (exact) mass is 291 g/mol. The zero-order valence-electron chi connectivity index (χ0n) is 13.4. The first-order valence-electron chi connectivity index (χ1n) is 7.23. The highest BCUT2D eigenvalue weighted by Crippen LogP contribution is 2.18. The van der Waals surface area contributed by atoms with Crippen LogP contribution in [0, 0.1) is 0 Å². The van der Waals surface area contributed by atoms with Crippen LogP contribution in [0.5, 0.6) is 0 Å². The van der Waals surface area contributed by atoms with Crippen LogP contribution in [-0.4, -0.2) is 36.3 Å². The average molecular weight is 291 g/mol. The maximum absolute atomic E-state index is 12.1. The van der Waals surface area contributed by atoms with Crippen molar-refractivity contribution in [1.29, 1.82) is 0 Å². The largest absolute Gasteiger partial charge is 0.345 e. The molecule has 0 aliphatic heterocycles. The molecule has 2 N–H and O–H groups in total. The molecule has 1 rings (SSSR count). The van der Waals surface area contributed by atoms with Gasteiger partial charge in [-0.3, -0.25) is 14.9 Å². The highest BCUT2D eigenvalue weighted by molar-refractivity contribution is 5.88. The molecule has 0 spiro atoms. The van der Waals surface area contributed by atoms with Gasteiger partial charge < -0.3 is 10.2 Å². The summed E-state index contributed by atoms with van der Waals surface area (Å²) in [5, 5.41) is 6.05. The predicted molar refractivity (Wildman–Crippen MR) is 85.1 cm³/mol. The van der Waals surface area contributed by atoms with Crippen LogP contribution in [0.25, 0.3) is 0 Å². The third kappa shape index (κ3) is 5.19. The minimum Gasteiger partial charge on any atom is -0.345 e. The van der Waals surface area contributed by atoms with Gasteiger partial charge in [0.1, 0.15) is 0 Å². The fraction of sp³-hybridized carbons (Fsp3) is 0.500. The van der Waals surface area contributed by atoms with Gasteiger partial charge in [-0.15, -0.1) is 0 Å². The van der Waals surface area contributed by atoms with Crippen molar-refractivity contribution in [3.8, 4) is 0 Å². The van der Waals surface area contributed by atoms with Gasteiger partial charge in [-0.2, -0.15) is 0 Å². The first kappa shape index (κ1) is 17.2. The molecule has 5 heteroatoms. The van der Waals surface area contributed by atoms with Crippen LogP contribution in [0.3, 0.4) is 0 Å². The number of benzene rings is 1. The van der Waals surface area contributed by atoms with Crippen LogP contribution in [-0.2, 0) is 9.59 Å². The lowest BCUT2D eigenvalue weighted by atomic mass is 10.1. The Bertz CT molecular complexity index is 502. The molecule has 0 bridgehead atoms. The number of carbonyl (C=O) groups excluding carboxylic acids is 2. The summed E-state index contributed by atoms with van der Waals surface area (Å²) in [4.78, 5) is 24.8. The van der Waals surface area contributed by atoms with Crippen LogP contribution >= 0.6 is 0 Å². The highest BCUT2D eigenvalue weighted by Gasteiger charge is 2.18. The van der Waals surface area contributed by atoms with Gasteiger partial charge in [0.2, 0.25) is 11.8 Å². The van der Waals surface area contributed by atoms with E-state index in [1.54, 1.807) is 11.9 Å². The standard InChI is InChI=1S/C16H25N3O2/c1-6-19(5)16(21)12(3)17-11(2)14-8-7-9-15(10-14)18-13(4)20/h7-12,17H,6H2,1-5H3,(H,18,20). The summed E-state index contributed by atoms with van der Waals surface area (Å²) in [6, 6.07) is 7.39. The SMILES string of the molecule is CCN(C)C(=O)C(C)NC(C)c1cccc(NC(C)=O)c1. The van der Waals surface area contributed by atoms with Crippen molar-refractivity contribution in [3.05, 3.63) is 29.8 Å². The molecule has 2 atom stereocenters. The van der Waals surface area contributed by atoms with Crippen molar-refractivity contribution in [2.45, 2.75) is 39.8 Å². The zero-order chi connectivity index (χ0) is 16.0. The molecule has 2 amide bonds. The molecule has 0 saturated heterocycles. The van der Waals surface area contributed by atoms with Crippen LogP contribution < -0.4 is 10.6 Å². The van der Waals surface area contributed by atoms with Gasteiger partial charge in [0.25, 0.3) is 0 Å². The number of nitrogens with zero attached hydrogens (tertiary/aromatic N) is 1. The molecule has 2 unspecified atom stereocenters. The first-order chi connectivity index (χ1) is 9.85. The van der Waals surface area contributed by atoms with Gasteiger partial charge in [0.05, 0.1) is 6.04 Å². The summed E-state index contributed by atoms with van der Waals surface area (Å²) in [5.74, 6) is -0.0248. The number of amides is 2. The Balaban J connectivity index is 2.73. The van der Waals surface area contributed by atoms with E-state index in [4.69, 9.17) is 0 Å². The maximum atomic E-state index is 12.1. The molecule has 116 valence electrons. The molecule has 1 aromatic carbocycles. The van der Waals surface area contributed by atoms with E-state index < -0.39 is 0 Å². The van der Waals surface area contributed by atoms with E-state index in [0.717, 1.165) is 11.3 Å². The Morgan fingerprint density at radius 2 is 1.95 bits per heavy atom. The second-order valence-corrected chi connectivity index (χ2v) is 5.27. The normalized spacial score (nSPS) is 13.4. The lowest BCUT2D eigenvalue weighted by molar-refractivity contribution is -0.131. The van der Waals surface area contributed by atoms with E-state index in [1.165, 1.54) is 6.92 Å². The molecule has 0 saturated carbocycles. The van der Waals surface area contributed by atoms with Crippen molar-refractivity contribution in [2.75, 3.05) is 18.9 Å². The minimum atomic E-state index is -0.255. The summed E-state index contributed by atoms with van der Waals surface area (Å²) < 4.78 is 0. The van der Waals surface area contributed by atoms with Gasteiger partial charge >= 0.3 is 0 Å². The van der Waals surface area contributed by atoms with E-state index >= 15 is 0 Å². The van der Waals surface area contributed by atoms with Gasteiger partial charge in [-0.25, -0.2) is 0 Å². The fourth-order valence-electron chi connectivity index (χ4n) is 2.12. The molecule has 21 heavy (non-hydrogen) atoms. The summed E-state index contributed by atoms with van der Waals surface area (Å²) in [5.41, 5.74) is 1.79. The van der Waals surface area contributed by atoms with E-state index in [0.29, 0.717) is 6.54 Å². The number of nitrogens with one attached hydrogen (secondary N) is 2. The van der Waals surface area contributed by atoms with Crippen LogP contribution in [0.4, 0.5) is 5.69 Å². The number of likely N-dealkylation sites (N-methyl/N-ethyl adjacent to an activating group) is 1. The van der Waals surface area contributed by atoms with Crippen molar-refractivity contribution < 1.29 is 9.59 Å². The predicted octanol–water partition coefficient (Wildman–Crippen LogP) is 2.16. The summed E-state index contributed by atoms with van der Waals surface area (Å²) in [6.07, 6.45) is 0. The third-order valence-corrected chi connectivity index (χ3v) is 3.43. The van der Waals surface area contributed by atoms with Gasteiger partial charge in [0.15, 0.2) is 0 Å². The number of carbonyl (C=O) groups is 2. The lowest BCUT2D eigenvalue weighted by Gasteiger charge is -2.24. The van der Waals surface area contributed by atoms with Crippen LogP contribution in [0.2, 0.25) is 0 Å². The second-order valence-electron chi connectivity index (χ2n) is 5.27.